The molecule has 2 rings (SSSR count). The van der Waals surface area contributed by atoms with Crippen molar-refractivity contribution in [2.45, 2.75) is 32.7 Å². The van der Waals surface area contributed by atoms with Gasteiger partial charge in [0.1, 0.15) is 5.82 Å². The summed E-state index contributed by atoms with van der Waals surface area (Å²) in [5.74, 6) is -0.415. The van der Waals surface area contributed by atoms with Crippen molar-refractivity contribution in [2.24, 2.45) is 0 Å². The average molecular weight is 315 g/mol. The smallest absolute Gasteiger partial charge is 0.252 e. The number of anilines is 1. The highest BCUT2D eigenvalue weighted by Crippen LogP contribution is 2.11. The van der Waals surface area contributed by atoms with Gasteiger partial charge in [0, 0.05) is 25.0 Å². The second kappa shape index (κ2) is 8.27. The fraction of sp³-hybridized carbons (Fsp3) is 0.333. The van der Waals surface area contributed by atoms with Crippen LogP contribution in [0.15, 0.2) is 42.7 Å². The molecule has 1 aromatic carbocycles. The predicted octanol–water partition coefficient (Wildman–Crippen LogP) is 3.40. The molecule has 23 heavy (non-hydrogen) atoms. The van der Waals surface area contributed by atoms with Gasteiger partial charge in [0.05, 0.1) is 11.3 Å². The molecule has 0 fully saturated rings. The van der Waals surface area contributed by atoms with Crippen LogP contribution in [0.2, 0.25) is 0 Å². The maximum atomic E-state index is 12.8. The van der Waals surface area contributed by atoms with Crippen LogP contribution in [0.4, 0.5) is 10.1 Å². The van der Waals surface area contributed by atoms with Crippen LogP contribution in [0.3, 0.4) is 0 Å². The van der Waals surface area contributed by atoms with Crippen molar-refractivity contribution >= 4 is 11.6 Å². The summed E-state index contributed by atoms with van der Waals surface area (Å²) in [6.45, 7) is 4.67. The van der Waals surface area contributed by atoms with Gasteiger partial charge in [-0.25, -0.2) is 4.39 Å². The van der Waals surface area contributed by atoms with E-state index < -0.39 is 0 Å². The minimum atomic E-state index is -0.255. The SMILES string of the molecule is CCC(C)Nc1cncc(C(=O)NCCc2ccc(F)cc2)c1. The number of carbonyl (C=O) groups excluding carboxylic acids is 1. The summed E-state index contributed by atoms with van der Waals surface area (Å²) >= 11 is 0. The summed E-state index contributed by atoms with van der Waals surface area (Å²) < 4.78 is 12.8. The predicted molar refractivity (Wildman–Crippen MR) is 90.0 cm³/mol. The highest BCUT2D eigenvalue weighted by Gasteiger charge is 2.07. The van der Waals surface area contributed by atoms with Gasteiger partial charge in [-0.1, -0.05) is 19.1 Å². The second-order valence-electron chi connectivity index (χ2n) is 5.55. The van der Waals surface area contributed by atoms with Gasteiger partial charge in [-0.15, -0.1) is 0 Å². The number of rotatable bonds is 7. The zero-order valence-electron chi connectivity index (χ0n) is 13.5. The molecule has 4 nitrogen and oxygen atoms in total. The first-order valence-electron chi connectivity index (χ1n) is 7.82. The summed E-state index contributed by atoms with van der Waals surface area (Å²) in [7, 11) is 0. The van der Waals surface area contributed by atoms with E-state index in [2.05, 4.69) is 29.5 Å². The van der Waals surface area contributed by atoms with Gasteiger partial charge in [0.25, 0.3) is 5.91 Å². The van der Waals surface area contributed by atoms with E-state index in [0.29, 0.717) is 24.6 Å². The van der Waals surface area contributed by atoms with Gasteiger partial charge in [0.15, 0.2) is 0 Å². The quantitative estimate of drug-likeness (QED) is 0.823. The van der Waals surface area contributed by atoms with Crippen LogP contribution in [0.25, 0.3) is 0 Å². The molecule has 0 bridgehead atoms. The average Bonchev–Trinajstić information content (AvgIpc) is 2.56. The molecule has 0 aliphatic carbocycles. The number of halogens is 1. The molecule has 0 spiro atoms. The third-order valence-electron chi connectivity index (χ3n) is 3.64. The molecule has 1 amide bonds. The lowest BCUT2D eigenvalue weighted by atomic mass is 10.1. The molecule has 0 saturated heterocycles. The van der Waals surface area contributed by atoms with E-state index in [0.717, 1.165) is 17.7 Å². The number of nitrogens with zero attached hydrogens (tertiary/aromatic N) is 1. The van der Waals surface area contributed by atoms with Gasteiger partial charge in [-0.2, -0.15) is 0 Å². The van der Waals surface area contributed by atoms with Crippen molar-refractivity contribution < 1.29 is 9.18 Å². The third kappa shape index (κ3) is 5.36. The highest BCUT2D eigenvalue weighted by atomic mass is 19.1. The van der Waals surface area contributed by atoms with Gasteiger partial charge >= 0.3 is 0 Å². The van der Waals surface area contributed by atoms with E-state index in [9.17, 15) is 9.18 Å². The second-order valence-corrected chi connectivity index (χ2v) is 5.55. The highest BCUT2D eigenvalue weighted by molar-refractivity contribution is 5.94. The Balaban J connectivity index is 1.87. The fourth-order valence-corrected chi connectivity index (χ4v) is 2.10. The number of hydrogen-bond donors (Lipinski definition) is 2. The maximum Gasteiger partial charge on any atom is 0.252 e. The maximum absolute atomic E-state index is 12.8. The van der Waals surface area contributed by atoms with Gasteiger partial charge in [-0.05, 0) is 43.5 Å². The number of hydrogen-bond acceptors (Lipinski definition) is 3. The lowest BCUT2D eigenvalue weighted by Gasteiger charge is -2.13. The van der Waals surface area contributed by atoms with Crippen molar-refractivity contribution in [2.75, 3.05) is 11.9 Å². The standard InChI is InChI=1S/C18H22FN3O/c1-3-13(2)22-17-10-15(11-20-12-17)18(23)21-9-8-14-4-6-16(19)7-5-14/h4-7,10-13,22H,3,8-9H2,1-2H3,(H,21,23). The van der Waals surface area contributed by atoms with Crippen LogP contribution in [0.1, 0.15) is 36.2 Å². The Morgan fingerprint density at radius 1 is 1.26 bits per heavy atom. The lowest BCUT2D eigenvalue weighted by Crippen LogP contribution is -2.26. The molecule has 5 heteroatoms. The number of pyridine rings is 1. The van der Waals surface area contributed by atoms with Gasteiger partial charge in [0.2, 0.25) is 0 Å². The number of amides is 1. The molecule has 1 atom stereocenters. The molecule has 2 aromatic rings. The number of aromatic nitrogens is 1. The molecule has 122 valence electrons. The van der Waals surface area contributed by atoms with Crippen molar-refractivity contribution in [1.29, 1.82) is 0 Å². The molecule has 0 aliphatic rings. The van der Waals surface area contributed by atoms with Crippen molar-refractivity contribution in [3.8, 4) is 0 Å². The van der Waals surface area contributed by atoms with Gasteiger partial charge in [-0.3, -0.25) is 9.78 Å². The number of carbonyl (C=O) groups is 1. The Morgan fingerprint density at radius 2 is 2.00 bits per heavy atom. The molecular formula is C18H22FN3O. The van der Waals surface area contributed by atoms with Crippen molar-refractivity contribution in [3.63, 3.8) is 0 Å². The van der Waals surface area contributed by atoms with Crippen LogP contribution in [-0.4, -0.2) is 23.5 Å². The van der Waals surface area contributed by atoms with Crippen molar-refractivity contribution in [1.82, 2.24) is 10.3 Å². The molecular weight excluding hydrogens is 293 g/mol. The minimum absolute atomic E-state index is 0.160. The first kappa shape index (κ1) is 16.9. The normalized spacial score (nSPS) is 11.8. The van der Waals surface area contributed by atoms with Crippen LogP contribution in [0, 0.1) is 5.82 Å². The zero-order chi connectivity index (χ0) is 16.7. The first-order chi connectivity index (χ1) is 11.1. The molecule has 1 unspecified atom stereocenters. The largest absolute Gasteiger partial charge is 0.381 e. The van der Waals surface area contributed by atoms with Crippen LogP contribution < -0.4 is 10.6 Å². The van der Waals surface area contributed by atoms with E-state index in [-0.39, 0.29) is 11.7 Å². The Labute approximate surface area is 136 Å². The van der Waals surface area contributed by atoms with Crippen LogP contribution in [0.5, 0.6) is 0 Å². The van der Waals surface area contributed by atoms with E-state index in [4.69, 9.17) is 0 Å². The third-order valence-corrected chi connectivity index (χ3v) is 3.64. The van der Waals surface area contributed by atoms with E-state index >= 15 is 0 Å². The minimum Gasteiger partial charge on any atom is -0.381 e. The first-order valence-corrected chi connectivity index (χ1v) is 7.82. The Bertz CT molecular complexity index is 643. The Morgan fingerprint density at radius 3 is 2.70 bits per heavy atom. The molecule has 0 aliphatic heterocycles. The summed E-state index contributed by atoms with van der Waals surface area (Å²) in [6, 6.07) is 8.41. The fourth-order valence-electron chi connectivity index (χ4n) is 2.10. The van der Waals surface area contributed by atoms with Crippen LogP contribution >= 0.6 is 0 Å². The van der Waals surface area contributed by atoms with E-state index in [1.807, 2.05) is 0 Å². The molecule has 1 aromatic heterocycles. The van der Waals surface area contributed by atoms with E-state index in [1.165, 1.54) is 12.1 Å². The monoisotopic (exact) mass is 315 g/mol. The van der Waals surface area contributed by atoms with E-state index in [1.54, 1.807) is 30.6 Å². The van der Waals surface area contributed by atoms with Gasteiger partial charge < -0.3 is 10.6 Å². The Hall–Kier alpha value is -2.43. The van der Waals surface area contributed by atoms with Crippen molar-refractivity contribution in [3.05, 3.63) is 59.7 Å². The number of nitrogens with one attached hydrogen (secondary N) is 2. The summed E-state index contributed by atoms with van der Waals surface area (Å²) in [4.78, 5) is 16.3. The lowest BCUT2D eigenvalue weighted by molar-refractivity contribution is 0.0954. The molecule has 0 radical (unpaired) electrons. The summed E-state index contributed by atoms with van der Waals surface area (Å²) in [5.41, 5.74) is 2.35. The molecule has 2 N–H and O–H groups in total. The van der Waals surface area contributed by atoms with Crippen LogP contribution in [-0.2, 0) is 6.42 Å². The molecule has 1 heterocycles. The Kier molecular flexibility index (Phi) is 6.09. The number of benzene rings is 1. The molecule has 0 saturated carbocycles. The topological polar surface area (TPSA) is 54.0 Å². The summed E-state index contributed by atoms with van der Waals surface area (Å²) in [6.07, 6.45) is 4.91. The zero-order valence-corrected chi connectivity index (χ0v) is 13.5. The summed E-state index contributed by atoms with van der Waals surface area (Å²) in [5, 5.41) is 6.15.